The SMILES string of the molecule is COc1ccc(CCNC(=O)CCCCCn2c(SCC(=O)NCc3ccco3)nc3ccsc3c2=O)cc1OC. The second kappa shape index (κ2) is 15.3. The van der Waals surface area contributed by atoms with Crippen LogP contribution >= 0.6 is 23.1 Å². The average Bonchev–Trinajstić information content (AvgIpc) is 3.68. The highest BCUT2D eigenvalue weighted by atomic mass is 32.2. The van der Waals surface area contributed by atoms with Crippen molar-refractivity contribution in [1.82, 2.24) is 20.2 Å². The van der Waals surface area contributed by atoms with Gasteiger partial charge in [-0.2, -0.15) is 0 Å². The summed E-state index contributed by atoms with van der Waals surface area (Å²) in [5.41, 5.74) is 1.59. The number of rotatable bonds is 16. The molecule has 3 heterocycles. The number of thioether (sulfide) groups is 1. The minimum absolute atomic E-state index is 0.00104. The summed E-state index contributed by atoms with van der Waals surface area (Å²) in [6, 6.07) is 11.1. The van der Waals surface area contributed by atoms with Crippen LogP contribution < -0.4 is 25.7 Å². The summed E-state index contributed by atoms with van der Waals surface area (Å²) in [4.78, 5) is 42.5. The van der Waals surface area contributed by atoms with E-state index in [1.165, 1.54) is 23.1 Å². The van der Waals surface area contributed by atoms with Gasteiger partial charge in [-0.3, -0.25) is 19.0 Å². The number of benzene rings is 1. The van der Waals surface area contributed by atoms with Gasteiger partial charge in [0.25, 0.3) is 5.56 Å². The first kappa shape index (κ1) is 30.2. The molecular weight excluding hydrogens is 564 g/mol. The molecule has 0 atom stereocenters. The van der Waals surface area contributed by atoms with E-state index in [0.717, 1.165) is 18.4 Å². The lowest BCUT2D eigenvalue weighted by atomic mass is 10.1. The molecule has 4 aromatic rings. The number of furan rings is 1. The Kier molecular flexibility index (Phi) is 11.3. The van der Waals surface area contributed by atoms with E-state index in [1.54, 1.807) is 37.2 Å². The van der Waals surface area contributed by atoms with Gasteiger partial charge in [-0.15, -0.1) is 11.3 Å². The van der Waals surface area contributed by atoms with E-state index >= 15 is 0 Å². The molecule has 0 aliphatic heterocycles. The van der Waals surface area contributed by atoms with E-state index in [2.05, 4.69) is 15.6 Å². The van der Waals surface area contributed by atoms with Crippen molar-refractivity contribution in [3.05, 3.63) is 69.7 Å². The van der Waals surface area contributed by atoms with Gasteiger partial charge < -0.3 is 24.5 Å². The topological polar surface area (TPSA) is 125 Å². The number of amides is 2. The zero-order valence-electron chi connectivity index (χ0n) is 23.1. The monoisotopic (exact) mass is 598 g/mol. The molecule has 2 amide bonds. The minimum atomic E-state index is -0.172. The second-order valence-electron chi connectivity index (χ2n) is 9.23. The molecule has 0 radical (unpaired) electrons. The first-order valence-electron chi connectivity index (χ1n) is 13.4. The van der Waals surface area contributed by atoms with Crippen molar-refractivity contribution in [3.8, 4) is 11.5 Å². The highest BCUT2D eigenvalue weighted by molar-refractivity contribution is 7.99. The summed E-state index contributed by atoms with van der Waals surface area (Å²) in [5.74, 6) is 1.97. The first-order valence-corrected chi connectivity index (χ1v) is 15.2. The van der Waals surface area contributed by atoms with Crippen molar-refractivity contribution in [1.29, 1.82) is 0 Å². The van der Waals surface area contributed by atoms with Gasteiger partial charge in [0, 0.05) is 19.5 Å². The Morgan fingerprint density at radius 2 is 1.90 bits per heavy atom. The van der Waals surface area contributed by atoms with E-state index in [9.17, 15) is 14.4 Å². The first-order chi connectivity index (χ1) is 20.0. The maximum absolute atomic E-state index is 13.1. The van der Waals surface area contributed by atoms with Crippen LogP contribution in [0.25, 0.3) is 10.2 Å². The number of aromatic nitrogens is 2. The number of thiophene rings is 1. The number of ether oxygens (including phenoxy) is 2. The summed E-state index contributed by atoms with van der Waals surface area (Å²) in [6.45, 7) is 1.31. The number of unbranched alkanes of at least 4 members (excludes halogenated alkanes) is 2. The van der Waals surface area contributed by atoms with E-state index < -0.39 is 0 Å². The molecule has 218 valence electrons. The molecular formula is C29H34N4O6S2. The lowest BCUT2D eigenvalue weighted by Gasteiger charge is -2.12. The van der Waals surface area contributed by atoms with E-state index in [1.807, 2.05) is 29.6 Å². The van der Waals surface area contributed by atoms with Gasteiger partial charge in [-0.1, -0.05) is 24.2 Å². The third-order valence-electron chi connectivity index (χ3n) is 6.37. The minimum Gasteiger partial charge on any atom is -0.493 e. The van der Waals surface area contributed by atoms with E-state index in [4.69, 9.17) is 13.9 Å². The van der Waals surface area contributed by atoms with Crippen LogP contribution in [0.2, 0.25) is 0 Å². The number of nitrogens with zero attached hydrogens (tertiary/aromatic N) is 2. The van der Waals surface area contributed by atoms with Gasteiger partial charge in [0.2, 0.25) is 11.8 Å². The fraction of sp³-hybridized carbons (Fsp3) is 0.379. The average molecular weight is 599 g/mol. The molecule has 0 spiro atoms. The lowest BCUT2D eigenvalue weighted by Crippen LogP contribution is -2.26. The second-order valence-corrected chi connectivity index (χ2v) is 11.1. The maximum atomic E-state index is 13.1. The standard InChI is InChI=1S/C29H34N4O6S2/c1-37-23-10-9-20(17-24(23)38-2)11-13-30-25(34)8-4-3-5-14-33-28(36)27-22(12-16-40-27)32-29(33)41-19-26(35)31-18-21-7-6-15-39-21/h6-7,9-10,12,15-17H,3-5,8,11,13-14,18-19H2,1-2H3,(H,30,34)(H,31,35). The predicted molar refractivity (Wildman–Crippen MR) is 160 cm³/mol. The fourth-order valence-electron chi connectivity index (χ4n) is 4.21. The molecule has 0 aliphatic rings. The van der Waals surface area contributed by atoms with Crippen LogP contribution in [-0.4, -0.2) is 47.9 Å². The molecule has 1 aromatic carbocycles. The van der Waals surface area contributed by atoms with E-state index in [-0.39, 0.29) is 23.1 Å². The Morgan fingerprint density at radius 1 is 1.05 bits per heavy atom. The number of nitrogens with one attached hydrogen (secondary N) is 2. The molecule has 0 aliphatic carbocycles. The molecule has 4 rings (SSSR count). The van der Waals surface area contributed by atoms with Gasteiger partial charge in [0.15, 0.2) is 16.7 Å². The highest BCUT2D eigenvalue weighted by Gasteiger charge is 2.14. The van der Waals surface area contributed by atoms with Crippen molar-refractivity contribution >= 4 is 45.1 Å². The number of methoxy groups -OCH3 is 2. The van der Waals surface area contributed by atoms with Crippen LogP contribution in [0.5, 0.6) is 11.5 Å². The summed E-state index contributed by atoms with van der Waals surface area (Å²) in [6.07, 6.45) is 4.88. The molecule has 0 saturated carbocycles. The van der Waals surface area contributed by atoms with Crippen molar-refractivity contribution in [3.63, 3.8) is 0 Å². The van der Waals surface area contributed by atoms with Crippen molar-refractivity contribution in [2.45, 2.75) is 50.4 Å². The molecule has 2 N–H and O–H groups in total. The Balaban J connectivity index is 1.21. The Labute approximate surface area is 246 Å². The van der Waals surface area contributed by atoms with Gasteiger partial charge in [0.1, 0.15) is 10.5 Å². The number of hydrogen-bond acceptors (Lipinski definition) is 9. The number of carbonyl (C=O) groups is 2. The van der Waals surface area contributed by atoms with Crippen molar-refractivity contribution in [2.75, 3.05) is 26.5 Å². The van der Waals surface area contributed by atoms with Crippen LogP contribution in [-0.2, 0) is 29.1 Å². The molecule has 0 saturated heterocycles. The van der Waals surface area contributed by atoms with E-state index in [0.29, 0.717) is 71.5 Å². The zero-order chi connectivity index (χ0) is 29.0. The van der Waals surface area contributed by atoms with Gasteiger partial charge in [0.05, 0.1) is 38.3 Å². The normalized spacial score (nSPS) is 11.0. The quantitative estimate of drug-likeness (QED) is 0.111. The zero-order valence-corrected chi connectivity index (χ0v) is 24.8. The lowest BCUT2D eigenvalue weighted by molar-refractivity contribution is -0.121. The van der Waals surface area contributed by atoms with Crippen LogP contribution in [0.3, 0.4) is 0 Å². The van der Waals surface area contributed by atoms with Crippen LogP contribution in [0.1, 0.15) is 37.0 Å². The summed E-state index contributed by atoms with van der Waals surface area (Å²) in [7, 11) is 3.19. The Hall–Kier alpha value is -3.77. The largest absolute Gasteiger partial charge is 0.493 e. The third kappa shape index (κ3) is 8.61. The smallest absolute Gasteiger partial charge is 0.272 e. The number of fused-ring (bicyclic) bond motifs is 1. The Bertz CT molecular complexity index is 1500. The predicted octanol–water partition coefficient (Wildman–Crippen LogP) is 4.40. The van der Waals surface area contributed by atoms with Gasteiger partial charge >= 0.3 is 0 Å². The Morgan fingerprint density at radius 3 is 2.68 bits per heavy atom. The molecule has 0 fully saturated rings. The van der Waals surface area contributed by atoms with Gasteiger partial charge in [-0.25, -0.2) is 4.98 Å². The number of hydrogen-bond donors (Lipinski definition) is 2. The third-order valence-corrected chi connectivity index (χ3v) is 8.24. The molecule has 0 bridgehead atoms. The van der Waals surface area contributed by atoms with Crippen LogP contribution in [0, 0.1) is 0 Å². The fourth-order valence-corrected chi connectivity index (χ4v) is 5.85. The molecule has 10 nitrogen and oxygen atoms in total. The molecule has 41 heavy (non-hydrogen) atoms. The summed E-state index contributed by atoms with van der Waals surface area (Å²) < 4.78 is 18.1. The van der Waals surface area contributed by atoms with Crippen molar-refractivity contribution < 1.29 is 23.5 Å². The van der Waals surface area contributed by atoms with Gasteiger partial charge in [-0.05, 0) is 60.5 Å². The summed E-state index contributed by atoms with van der Waals surface area (Å²) in [5, 5.41) is 8.14. The van der Waals surface area contributed by atoms with Crippen LogP contribution in [0.15, 0.2) is 62.4 Å². The molecule has 0 unspecified atom stereocenters. The van der Waals surface area contributed by atoms with Crippen molar-refractivity contribution in [2.24, 2.45) is 0 Å². The number of carbonyl (C=O) groups excluding carboxylic acids is 2. The molecule has 12 heteroatoms. The molecule has 3 aromatic heterocycles. The maximum Gasteiger partial charge on any atom is 0.272 e. The highest BCUT2D eigenvalue weighted by Crippen LogP contribution is 2.27. The van der Waals surface area contributed by atoms with Crippen LogP contribution in [0.4, 0.5) is 0 Å². The summed E-state index contributed by atoms with van der Waals surface area (Å²) >= 11 is 2.60.